The molecule has 0 bridgehead atoms. The van der Waals surface area contributed by atoms with Gasteiger partial charge in [-0.2, -0.15) is 8.78 Å². The monoisotopic (exact) mass is 388 g/mol. The number of carbonyl (C=O) groups is 1. The predicted molar refractivity (Wildman–Crippen MR) is 104 cm³/mol. The Morgan fingerprint density at radius 3 is 2.71 bits per heavy atom. The number of piperidine rings is 1. The first-order valence-electron chi connectivity index (χ1n) is 9.67. The van der Waals surface area contributed by atoms with Gasteiger partial charge in [0.1, 0.15) is 5.75 Å². The first-order valence-corrected chi connectivity index (χ1v) is 9.67. The summed E-state index contributed by atoms with van der Waals surface area (Å²) < 4.78 is 29.1. The van der Waals surface area contributed by atoms with Crippen LogP contribution in [0.5, 0.6) is 5.75 Å². The molecule has 1 N–H and O–H groups in total. The fourth-order valence-corrected chi connectivity index (χ4v) is 3.59. The van der Waals surface area contributed by atoms with Crippen molar-refractivity contribution >= 4 is 5.91 Å². The van der Waals surface area contributed by atoms with Gasteiger partial charge in [-0.05, 0) is 55.6 Å². The summed E-state index contributed by atoms with van der Waals surface area (Å²) in [7, 11) is 0. The van der Waals surface area contributed by atoms with Gasteiger partial charge in [0.25, 0.3) is 5.91 Å². The van der Waals surface area contributed by atoms with Crippen LogP contribution < -0.4 is 10.1 Å². The molecule has 0 aromatic heterocycles. The number of carbonyl (C=O) groups excluding carboxylic acids is 1. The highest BCUT2D eigenvalue weighted by atomic mass is 19.3. The highest BCUT2D eigenvalue weighted by molar-refractivity contribution is 5.94. The topological polar surface area (TPSA) is 41.6 Å². The molecule has 1 unspecified atom stereocenters. The number of nitrogens with one attached hydrogen (secondary N) is 1. The van der Waals surface area contributed by atoms with E-state index >= 15 is 0 Å². The van der Waals surface area contributed by atoms with Crippen molar-refractivity contribution in [3.05, 3.63) is 65.2 Å². The van der Waals surface area contributed by atoms with Gasteiger partial charge in [0, 0.05) is 24.7 Å². The second-order valence-electron chi connectivity index (χ2n) is 7.17. The third kappa shape index (κ3) is 5.52. The lowest BCUT2D eigenvalue weighted by Crippen LogP contribution is -2.37. The lowest BCUT2D eigenvalue weighted by atomic mass is 10.0. The molecule has 1 fully saturated rings. The second-order valence-corrected chi connectivity index (χ2v) is 7.17. The zero-order valence-electron chi connectivity index (χ0n) is 16.0. The SMILES string of the molecule is CC1CCCCN1Cc1ccccc1CNC(=O)c1cccc(OC(F)F)c1. The maximum Gasteiger partial charge on any atom is 0.387 e. The molecule has 28 heavy (non-hydrogen) atoms. The van der Waals surface area contributed by atoms with E-state index < -0.39 is 6.61 Å². The molecule has 1 aliphatic heterocycles. The average molecular weight is 388 g/mol. The average Bonchev–Trinajstić information content (AvgIpc) is 2.68. The van der Waals surface area contributed by atoms with Crippen LogP contribution in [0.25, 0.3) is 0 Å². The zero-order valence-corrected chi connectivity index (χ0v) is 16.0. The molecule has 4 nitrogen and oxygen atoms in total. The molecule has 2 aromatic carbocycles. The molecule has 1 atom stereocenters. The summed E-state index contributed by atoms with van der Waals surface area (Å²) in [4.78, 5) is 14.9. The number of alkyl halides is 2. The smallest absolute Gasteiger partial charge is 0.387 e. The fraction of sp³-hybridized carbons (Fsp3) is 0.409. The van der Waals surface area contributed by atoms with Crippen LogP contribution in [-0.4, -0.2) is 30.0 Å². The van der Waals surface area contributed by atoms with Crippen molar-refractivity contribution < 1.29 is 18.3 Å². The second kappa shape index (κ2) is 9.64. The van der Waals surface area contributed by atoms with Gasteiger partial charge in [-0.1, -0.05) is 36.8 Å². The maximum atomic E-state index is 12.4. The van der Waals surface area contributed by atoms with Crippen LogP contribution in [0, 0.1) is 0 Å². The highest BCUT2D eigenvalue weighted by Gasteiger charge is 2.19. The van der Waals surface area contributed by atoms with Gasteiger partial charge in [-0.3, -0.25) is 9.69 Å². The van der Waals surface area contributed by atoms with Crippen molar-refractivity contribution in [2.24, 2.45) is 0 Å². The lowest BCUT2D eigenvalue weighted by molar-refractivity contribution is -0.0498. The van der Waals surface area contributed by atoms with Crippen molar-refractivity contribution in [1.29, 1.82) is 0 Å². The third-order valence-corrected chi connectivity index (χ3v) is 5.19. The summed E-state index contributed by atoms with van der Waals surface area (Å²) in [6.45, 7) is 1.70. The molecule has 0 saturated carbocycles. The largest absolute Gasteiger partial charge is 0.435 e. The van der Waals surface area contributed by atoms with Gasteiger partial charge in [0.05, 0.1) is 0 Å². The van der Waals surface area contributed by atoms with E-state index in [1.807, 2.05) is 18.2 Å². The van der Waals surface area contributed by atoms with E-state index in [0.29, 0.717) is 18.2 Å². The standard InChI is InChI=1S/C22H26F2N2O2/c1-16-7-4-5-12-26(16)15-19-9-3-2-8-18(19)14-25-21(27)17-10-6-11-20(13-17)28-22(23)24/h2-3,6,8-11,13,16,22H,4-5,7,12,14-15H2,1H3,(H,25,27). The summed E-state index contributed by atoms with van der Waals surface area (Å²) in [6, 6.07) is 14.5. The molecular formula is C22H26F2N2O2. The minimum Gasteiger partial charge on any atom is -0.435 e. The van der Waals surface area contributed by atoms with Crippen LogP contribution in [0.1, 0.15) is 47.7 Å². The van der Waals surface area contributed by atoms with Gasteiger partial charge < -0.3 is 10.1 Å². The molecule has 1 amide bonds. The minimum absolute atomic E-state index is 0.0258. The number of hydrogen-bond donors (Lipinski definition) is 1. The van der Waals surface area contributed by atoms with Gasteiger partial charge in [-0.25, -0.2) is 0 Å². The number of nitrogens with zero attached hydrogens (tertiary/aromatic N) is 1. The molecule has 2 aromatic rings. The maximum absolute atomic E-state index is 12.4. The Kier molecular flexibility index (Phi) is 6.98. The van der Waals surface area contributed by atoms with E-state index in [-0.39, 0.29) is 11.7 Å². The van der Waals surface area contributed by atoms with Crippen LogP contribution in [-0.2, 0) is 13.1 Å². The molecule has 0 radical (unpaired) electrons. The first kappa shape index (κ1) is 20.3. The molecule has 6 heteroatoms. The summed E-state index contributed by atoms with van der Waals surface area (Å²) in [6.07, 6.45) is 3.72. The van der Waals surface area contributed by atoms with Crippen molar-refractivity contribution in [2.45, 2.75) is 51.9 Å². The van der Waals surface area contributed by atoms with E-state index in [1.165, 1.54) is 43.0 Å². The van der Waals surface area contributed by atoms with Crippen LogP contribution in [0.2, 0.25) is 0 Å². The summed E-state index contributed by atoms with van der Waals surface area (Å²) in [5, 5.41) is 2.88. The van der Waals surface area contributed by atoms with E-state index in [4.69, 9.17) is 0 Å². The number of amides is 1. The van der Waals surface area contributed by atoms with Gasteiger partial charge in [0.15, 0.2) is 0 Å². The summed E-state index contributed by atoms with van der Waals surface area (Å²) in [5.41, 5.74) is 2.56. The van der Waals surface area contributed by atoms with Crippen molar-refractivity contribution in [2.75, 3.05) is 6.54 Å². The van der Waals surface area contributed by atoms with Crippen molar-refractivity contribution in [1.82, 2.24) is 10.2 Å². The Morgan fingerprint density at radius 2 is 1.96 bits per heavy atom. The van der Waals surface area contributed by atoms with Crippen LogP contribution in [0.4, 0.5) is 8.78 Å². The molecule has 1 heterocycles. The van der Waals surface area contributed by atoms with E-state index in [9.17, 15) is 13.6 Å². The Balaban J connectivity index is 1.64. The molecule has 0 spiro atoms. The number of likely N-dealkylation sites (tertiary alicyclic amines) is 1. The highest BCUT2D eigenvalue weighted by Crippen LogP contribution is 2.21. The third-order valence-electron chi connectivity index (χ3n) is 5.19. The zero-order chi connectivity index (χ0) is 19.9. The number of halogens is 2. The van der Waals surface area contributed by atoms with Crippen LogP contribution >= 0.6 is 0 Å². The van der Waals surface area contributed by atoms with Crippen molar-refractivity contribution in [3.8, 4) is 5.75 Å². The van der Waals surface area contributed by atoms with Crippen LogP contribution in [0.3, 0.4) is 0 Å². The van der Waals surface area contributed by atoms with Crippen LogP contribution in [0.15, 0.2) is 48.5 Å². The van der Waals surface area contributed by atoms with Gasteiger partial charge in [-0.15, -0.1) is 0 Å². The minimum atomic E-state index is -2.91. The van der Waals surface area contributed by atoms with Gasteiger partial charge in [0.2, 0.25) is 0 Å². The number of rotatable bonds is 7. The first-order chi connectivity index (χ1) is 13.5. The fourth-order valence-electron chi connectivity index (χ4n) is 3.59. The summed E-state index contributed by atoms with van der Waals surface area (Å²) in [5.74, 6) is -0.344. The summed E-state index contributed by atoms with van der Waals surface area (Å²) >= 11 is 0. The molecule has 1 aliphatic rings. The van der Waals surface area contributed by atoms with E-state index in [1.54, 1.807) is 6.07 Å². The molecule has 150 valence electrons. The Morgan fingerprint density at radius 1 is 1.18 bits per heavy atom. The normalized spacial score (nSPS) is 17.5. The Labute approximate surface area is 164 Å². The van der Waals surface area contributed by atoms with E-state index in [2.05, 4.69) is 27.9 Å². The van der Waals surface area contributed by atoms with E-state index in [0.717, 1.165) is 18.7 Å². The molecule has 1 saturated heterocycles. The Hall–Kier alpha value is -2.47. The predicted octanol–water partition coefficient (Wildman–Crippen LogP) is 4.59. The molecule has 3 rings (SSSR count). The number of ether oxygens (including phenoxy) is 1. The Bertz CT molecular complexity index is 798. The molecule has 0 aliphatic carbocycles. The molecular weight excluding hydrogens is 362 g/mol. The van der Waals surface area contributed by atoms with Crippen molar-refractivity contribution in [3.63, 3.8) is 0 Å². The quantitative estimate of drug-likeness (QED) is 0.754. The lowest BCUT2D eigenvalue weighted by Gasteiger charge is -2.33. The number of benzene rings is 2. The van der Waals surface area contributed by atoms with Gasteiger partial charge >= 0.3 is 6.61 Å². The number of hydrogen-bond acceptors (Lipinski definition) is 3.